The number of para-hydroxylation sites is 2. The smallest absolute Gasteiger partial charge is 0.303 e. The van der Waals surface area contributed by atoms with Gasteiger partial charge < -0.3 is 28.8 Å². The highest BCUT2D eigenvalue weighted by atomic mass is 16.7. The molecule has 224 valence electrons. The van der Waals surface area contributed by atoms with Gasteiger partial charge in [0, 0.05) is 38.3 Å². The molecule has 43 heavy (non-hydrogen) atoms. The average Bonchev–Trinajstić information content (AvgIpc) is 3.41. The number of benzene rings is 2. The maximum absolute atomic E-state index is 13.2. The highest BCUT2D eigenvalue weighted by molar-refractivity contribution is 6.25. The number of ether oxygens (including phenoxy) is 5. The van der Waals surface area contributed by atoms with E-state index < -0.39 is 72.9 Å². The molecule has 1 fully saturated rings. The molecule has 2 aliphatic rings. The number of aromatic nitrogens is 1. The molecular formula is C30H28N2O11. The lowest BCUT2D eigenvalue weighted by Crippen LogP contribution is -2.60. The molecule has 1 aromatic heterocycles. The van der Waals surface area contributed by atoms with Crippen molar-refractivity contribution in [3.63, 3.8) is 0 Å². The average molecular weight is 593 g/mol. The summed E-state index contributed by atoms with van der Waals surface area (Å²) in [5.74, 6) is -4.02. The number of carbonyl (C=O) groups excluding carboxylic acids is 5. The van der Waals surface area contributed by atoms with Gasteiger partial charge in [0.15, 0.2) is 24.5 Å². The van der Waals surface area contributed by atoms with Gasteiger partial charge in [0.2, 0.25) is 5.88 Å². The Bertz CT molecular complexity index is 1780. The van der Waals surface area contributed by atoms with Crippen LogP contribution in [0, 0.1) is 0 Å². The van der Waals surface area contributed by atoms with E-state index in [1.54, 1.807) is 48.5 Å². The van der Waals surface area contributed by atoms with Crippen LogP contribution in [0.3, 0.4) is 0 Å². The first-order chi connectivity index (χ1) is 20.5. The van der Waals surface area contributed by atoms with E-state index in [1.807, 2.05) is 0 Å². The van der Waals surface area contributed by atoms with Crippen molar-refractivity contribution in [3.05, 3.63) is 64.7 Å². The molecule has 0 spiro atoms. The van der Waals surface area contributed by atoms with Crippen molar-refractivity contribution in [2.24, 2.45) is 4.99 Å². The fraction of sp³-hybridized carbons (Fsp3) is 0.333. The fourth-order valence-corrected chi connectivity index (χ4v) is 5.47. The standard InChI is InChI=1S/C30H28N2O11/c1-14(33)39-13-22-25(40-15(2)34)26(41-16(3)35)27(42-17(4)36)30(43-22)32-21-12-8-6-10-19(21)24(29(32)38)23-18-9-5-7-11-20(18)31-28(23)37/h5-12,22,25-27,30,38H,13H2,1-4H3/t22-,25-,26+,27-,30-/m1/s1. The Morgan fingerprint density at radius 1 is 0.837 bits per heavy atom. The van der Waals surface area contributed by atoms with E-state index in [-0.39, 0.29) is 11.1 Å². The zero-order valence-corrected chi connectivity index (χ0v) is 23.6. The second-order valence-corrected chi connectivity index (χ2v) is 9.98. The molecule has 13 nitrogen and oxygen atoms in total. The van der Waals surface area contributed by atoms with Gasteiger partial charge in [-0.05, 0) is 12.1 Å². The SMILES string of the molecule is CC(=O)OC[C@H]1O[C@@H](n2c(O)c(C3=c4ccccc4=NC3=O)c3ccccc32)[C@H](OC(C)=O)[C@@H](OC(C)=O)[C@@H]1OC(C)=O. The Morgan fingerprint density at radius 2 is 1.44 bits per heavy atom. The van der Waals surface area contributed by atoms with Crippen LogP contribution >= 0.6 is 0 Å². The van der Waals surface area contributed by atoms with E-state index in [2.05, 4.69) is 4.99 Å². The third-order valence-corrected chi connectivity index (χ3v) is 6.96. The molecule has 1 amide bonds. The van der Waals surface area contributed by atoms with Gasteiger partial charge in [-0.25, -0.2) is 4.99 Å². The molecule has 0 aliphatic carbocycles. The molecular weight excluding hydrogens is 564 g/mol. The highest BCUT2D eigenvalue weighted by Crippen LogP contribution is 2.43. The van der Waals surface area contributed by atoms with Gasteiger partial charge >= 0.3 is 23.9 Å². The number of amides is 1. The van der Waals surface area contributed by atoms with Gasteiger partial charge in [0.25, 0.3) is 5.91 Å². The van der Waals surface area contributed by atoms with Gasteiger partial charge in [-0.1, -0.05) is 36.4 Å². The first-order valence-corrected chi connectivity index (χ1v) is 13.3. The molecule has 0 radical (unpaired) electrons. The fourth-order valence-electron chi connectivity index (χ4n) is 5.47. The Morgan fingerprint density at radius 3 is 2.12 bits per heavy atom. The maximum Gasteiger partial charge on any atom is 0.303 e. The van der Waals surface area contributed by atoms with Crippen molar-refractivity contribution in [1.82, 2.24) is 4.57 Å². The second kappa shape index (κ2) is 11.7. The molecule has 0 bridgehead atoms. The number of hydrogen-bond acceptors (Lipinski definition) is 11. The molecule has 3 heterocycles. The molecule has 0 unspecified atom stereocenters. The normalized spacial score (nSPS) is 22.8. The minimum absolute atomic E-state index is 0.147. The monoisotopic (exact) mass is 592 g/mol. The van der Waals surface area contributed by atoms with E-state index in [4.69, 9.17) is 23.7 Å². The van der Waals surface area contributed by atoms with Crippen molar-refractivity contribution in [2.45, 2.75) is 58.3 Å². The largest absolute Gasteiger partial charge is 0.494 e. The lowest BCUT2D eigenvalue weighted by Gasteiger charge is -2.45. The van der Waals surface area contributed by atoms with Crippen LogP contribution < -0.4 is 10.6 Å². The van der Waals surface area contributed by atoms with E-state index in [0.29, 0.717) is 21.5 Å². The van der Waals surface area contributed by atoms with Crippen LogP contribution in [-0.2, 0) is 47.7 Å². The molecule has 2 aromatic carbocycles. The van der Waals surface area contributed by atoms with E-state index >= 15 is 0 Å². The van der Waals surface area contributed by atoms with Crippen LogP contribution in [0.1, 0.15) is 39.5 Å². The lowest BCUT2D eigenvalue weighted by molar-refractivity contribution is -0.268. The van der Waals surface area contributed by atoms with Crippen LogP contribution in [0.5, 0.6) is 5.88 Å². The van der Waals surface area contributed by atoms with Crippen LogP contribution in [0.2, 0.25) is 0 Å². The summed E-state index contributed by atoms with van der Waals surface area (Å²) in [5.41, 5.74) is 0.663. The summed E-state index contributed by atoms with van der Waals surface area (Å²) in [4.78, 5) is 65.7. The predicted octanol–water partition coefficient (Wildman–Crippen LogP) is 0.961. The summed E-state index contributed by atoms with van der Waals surface area (Å²) in [6, 6.07) is 13.6. The number of carbonyl (C=O) groups is 5. The molecule has 3 aromatic rings. The van der Waals surface area contributed by atoms with Crippen molar-refractivity contribution >= 4 is 46.3 Å². The quantitative estimate of drug-likeness (QED) is 0.306. The number of nitrogens with zero attached hydrogens (tertiary/aromatic N) is 2. The zero-order chi connectivity index (χ0) is 31.0. The lowest BCUT2D eigenvalue weighted by atomic mass is 9.97. The topological polar surface area (TPSA) is 169 Å². The summed E-state index contributed by atoms with van der Waals surface area (Å²) >= 11 is 0. The van der Waals surface area contributed by atoms with Gasteiger partial charge in [-0.2, -0.15) is 0 Å². The summed E-state index contributed by atoms with van der Waals surface area (Å²) in [7, 11) is 0. The highest BCUT2D eigenvalue weighted by Gasteiger charge is 2.53. The molecule has 5 atom stereocenters. The molecule has 13 heteroatoms. The second-order valence-electron chi connectivity index (χ2n) is 9.98. The molecule has 2 aliphatic heterocycles. The van der Waals surface area contributed by atoms with E-state index in [9.17, 15) is 29.1 Å². The Kier molecular flexibility index (Phi) is 8.00. The number of fused-ring (bicyclic) bond motifs is 2. The first-order valence-electron chi connectivity index (χ1n) is 13.3. The van der Waals surface area contributed by atoms with Crippen molar-refractivity contribution in [1.29, 1.82) is 0 Å². The molecule has 1 saturated heterocycles. The molecule has 5 rings (SSSR count). The van der Waals surface area contributed by atoms with Crippen molar-refractivity contribution < 1.29 is 52.8 Å². The van der Waals surface area contributed by atoms with Gasteiger partial charge in [0.05, 0.1) is 22.0 Å². The van der Waals surface area contributed by atoms with Gasteiger partial charge in [0.1, 0.15) is 12.7 Å². The van der Waals surface area contributed by atoms with Crippen LogP contribution in [0.25, 0.3) is 16.5 Å². The predicted molar refractivity (Wildman–Crippen MR) is 146 cm³/mol. The zero-order valence-electron chi connectivity index (χ0n) is 23.6. The number of aromatic hydroxyl groups is 1. The maximum atomic E-state index is 13.2. The van der Waals surface area contributed by atoms with E-state index in [0.717, 1.165) is 20.8 Å². The summed E-state index contributed by atoms with van der Waals surface area (Å²) in [6.07, 6.45) is -6.97. The Balaban J connectivity index is 1.76. The third kappa shape index (κ3) is 5.58. The van der Waals surface area contributed by atoms with E-state index in [1.165, 1.54) is 11.5 Å². The van der Waals surface area contributed by atoms with Crippen LogP contribution in [0.4, 0.5) is 0 Å². The number of esters is 4. The number of hydrogen-bond donors (Lipinski definition) is 1. The Hall–Kier alpha value is -5.04. The number of rotatable bonds is 7. The van der Waals surface area contributed by atoms with Gasteiger partial charge in [-0.15, -0.1) is 0 Å². The third-order valence-electron chi connectivity index (χ3n) is 6.96. The summed E-state index contributed by atoms with van der Waals surface area (Å²) in [6.45, 7) is 4.09. The summed E-state index contributed by atoms with van der Waals surface area (Å²) in [5, 5.41) is 13.2. The van der Waals surface area contributed by atoms with Crippen LogP contribution in [-0.4, -0.2) is 70.5 Å². The summed E-state index contributed by atoms with van der Waals surface area (Å²) < 4.78 is 29.3. The van der Waals surface area contributed by atoms with Crippen molar-refractivity contribution in [2.75, 3.05) is 6.61 Å². The molecule has 0 saturated carbocycles. The first kappa shape index (κ1) is 29.5. The van der Waals surface area contributed by atoms with Crippen LogP contribution in [0.15, 0.2) is 53.5 Å². The minimum Gasteiger partial charge on any atom is -0.494 e. The molecule has 1 N–H and O–H groups in total. The Labute approximate surface area is 244 Å². The van der Waals surface area contributed by atoms with Gasteiger partial charge in [-0.3, -0.25) is 28.5 Å². The van der Waals surface area contributed by atoms with Crippen molar-refractivity contribution in [3.8, 4) is 5.88 Å². The minimum atomic E-state index is -1.48.